The number of halogens is 1. The van der Waals surface area contributed by atoms with Crippen LogP contribution in [0.4, 0.5) is 10.1 Å². The first-order valence-corrected chi connectivity index (χ1v) is 12.3. The van der Waals surface area contributed by atoms with E-state index in [0.29, 0.717) is 34.7 Å². The summed E-state index contributed by atoms with van der Waals surface area (Å²) in [5.74, 6) is -0.940. The number of carbonyl (C=O) groups is 3. The van der Waals surface area contributed by atoms with Crippen LogP contribution < -0.4 is 10.6 Å². The number of fused-ring (bicyclic) bond motifs is 3. The Morgan fingerprint density at radius 1 is 1.21 bits per heavy atom. The molecule has 4 rings (SSSR count). The van der Waals surface area contributed by atoms with Gasteiger partial charge in [-0.3, -0.25) is 14.4 Å². The number of nitrogens with zero attached hydrogens (tertiary/aromatic N) is 2. The summed E-state index contributed by atoms with van der Waals surface area (Å²) in [4.78, 5) is 41.3. The van der Waals surface area contributed by atoms with Gasteiger partial charge in [-0.25, -0.2) is 4.39 Å². The first kappa shape index (κ1) is 24.2. The van der Waals surface area contributed by atoms with Gasteiger partial charge in [0.05, 0.1) is 17.7 Å². The molecule has 1 fully saturated rings. The Morgan fingerprint density at radius 3 is 2.56 bits per heavy atom. The van der Waals surface area contributed by atoms with Crippen molar-refractivity contribution in [3.8, 4) is 0 Å². The van der Waals surface area contributed by atoms with Gasteiger partial charge >= 0.3 is 0 Å². The molecule has 1 aromatic heterocycles. The number of rotatable bonds is 6. The zero-order chi connectivity index (χ0) is 24.6. The lowest BCUT2D eigenvalue weighted by molar-refractivity contribution is -0.133. The van der Waals surface area contributed by atoms with Crippen LogP contribution in [0.1, 0.15) is 76.7 Å². The second-order valence-corrected chi connectivity index (χ2v) is 10.4. The highest BCUT2D eigenvalue weighted by atomic mass is 19.1. The maximum Gasteiger partial charge on any atom is 0.273 e. The molecule has 0 spiro atoms. The highest BCUT2D eigenvalue weighted by Gasteiger charge is 2.49. The van der Waals surface area contributed by atoms with E-state index in [9.17, 15) is 18.8 Å². The highest BCUT2D eigenvalue weighted by molar-refractivity contribution is 6.14. The van der Waals surface area contributed by atoms with Gasteiger partial charge in [0.1, 0.15) is 17.1 Å². The summed E-state index contributed by atoms with van der Waals surface area (Å²) < 4.78 is 15.9. The highest BCUT2D eigenvalue weighted by Crippen LogP contribution is 2.39. The Hall–Kier alpha value is -2.90. The van der Waals surface area contributed by atoms with Gasteiger partial charge in [0, 0.05) is 24.9 Å². The summed E-state index contributed by atoms with van der Waals surface area (Å²) >= 11 is 0. The summed E-state index contributed by atoms with van der Waals surface area (Å²) in [5.41, 5.74) is 0.108. The van der Waals surface area contributed by atoms with Crippen LogP contribution >= 0.6 is 0 Å². The second kappa shape index (κ2) is 9.39. The fourth-order valence-corrected chi connectivity index (χ4v) is 5.28. The SMILES string of the molecule is CC(=O)Nc1c2n(c3ccc(F)cc13)CC(C)(C(=O)NC1CCCCC1)N(CCC(C)C)C2=O. The predicted octanol–water partition coefficient (Wildman–Crippen LogP) is 4.45. The maximum atomic E-state index is 14.2. The number of aromatic nitrogens is 1. The van der Waals surface area contributed by atoms with Gasteiger partial charge in [-0.2, -0.15) is 0 Å². The fourth-order valence-electron chi connectivity index (χ4n) is 5.28. The molecule has 2 N–H and O–H groups in total. The van der Waals surface area contributed by atoms with Gasteiger partial charge in [0.25, 0.3) is 5.91 Å². The Morgan fingerprint density at radius 2 is 1.91 bits per heavy atom. The number of hydrogen-bond acceptors (Lipinski definition) is 3. The standard InChI is InChI=1S/C26H35FN4O3/c1-16(2)12-13-31-24(33)23-22(28-17(3)32)20-14-18(27)10-11-21(20)30(23)15-26(31,4)25(34)29-19-8-6-5-7-9-19/h10-11,14,16,19H,5-9,12-13,15H2,1-4H3,(H,28,32)(H,29,34). The normalized spacial score (nSPS) is 21.1. The van der Waals surface area contributed by atoms with Crippen molar-refractivity contribution in [2.75, 3.05) is 11.9 Å². The fraction of sp³-hybridized carbons (Fsp3) is 0.577. The number of benzene rings is 1. The van der Waals surface area contributed by atoms with Gasteiger partial charge in [0.15, 0.2) is 0 Å². The topological polar surface area (TPSA) is 83.4 Å². The van der Waals surface area contributed by atoms with Gasteiger partial charge in [-0.1, -0.05) is 33.1 Å². The molecular weight excluding hydrogens is 435 g/mol. The summed E-state index contributed by atoms with van der Waals surface area (Å²) in [6.07, 6.45) is 6.01. The average molecular weight is 471 g/mol. The Balaban J connectivity index is 1.82. The number of carbonyl (C=O) groups excluding carboxylic acids is 3. The molecule has 1 aromatic carbocycles. The van der Waals surface area contributed by atoms with Crippen LogP contribution in [0.25, 0.3) is 10.9 Å². The molecule has 0 saturated heterocycles. The molecule has 0 bridgehead atoms. The quantitative estimate of drug-likeness (QED) is 0.654. The molecule has 1 atom stereocenters. The average Bonchev–Trinajstić information content (AvgIpc) is 3.05. The van der Waals surface area contributed by atoms with E-state index in [1.165, 1.54) is 25.5 Å². The molecular formula is C26H35FN4O3. The molecule has 7 nitrogen and oxygen atoms in total. The van der Waals surface area contributed by atoms with Crippen molar-refractivity contribution in [1.29, 1.82) is 0 Å². The van der Waals surface area contributed by atoms with Crippen molar-refractivity contribution in [2.45, 2.75) is 84.3 Å². The molecule has 2 aliphatic rings. The van der Waals surface area contributed by atoms with E-state index in [1.54, 1.807) is 15.5 Å². The molecule has 1 saturated carbocycles. The van der Waals surface area contributed by atoms with Crippen molar-refractivity contribution in [3.63, 3.8) is 0 Å². The Bertz CT molecular complexity index is 1120. The zero-order valence-corrected chi connectivity index (χ0v) is 20.5. The van der Waals surface area contributed by atoms with Gasteiger partial charge in [0.2, 0.25) is 11.8 Å². The molecule has 184 valence electrons. The smallest absolute Gasteiger partial charge is 0.273 e. The van der Waals surface area contributed by atoms with Crippen molar-refractivity contribution in [2.24, 2.45) is 5.92 Å². The van der Waals surface area contributed by atoms with Gasteiger partial charge in [-0.05, 0) is 50.3 Å². The summed E-state index contributed by atoms with van der Waals surface area (Å²) in [6, 6.07) is 4.39. The molecule has 3 amide bonds. The minimum absolute atomic E-state index is 0.118. The van der Waals surface area contributed by atoms with E-state index in [4.69, 9.17) is 0 Å². The minimum atomic E-state index is -1.11. The van der Waals surface area contributed by atoms with E-state index < -0.39 is 11.4 Å². The first-order chi connectivity index (χ1) is 16.1. The van der Waals surface area contributed by atoms with E-state index in [1.807, 2.05) is 6.92 Å². The zero-order valence-electron chi connectivity index (χ0n) is 20.5. The Labute approximate surface area is 200 Å². The van der Waals surface area contributed by atoms with Crippen molar-refractivity contribution in [1.82, 2.24) is 14.8 Å². The van der Waals surface area contributed by atoms with Crippen LogP contribution in [0.5, 0.6) is 0 Å². The molecule has 1 aliphatic heterocycles. The van der Waals surface area contributed by atoms with Crippen LogP contribution in [-0.2, 0) is 16.1 Å². The number of amides is 3. The lowest BCUT2D eigenvalue weighted by atomic mass is 9.91. The van der Waals surface area contributed by atoms with Crippen LogP contribution in [0.15, 0.2) is 18.2 Å². The van der Waals surface area contributed by atoms with Crippen molar-refractivity contribution >= 4 is 34.3 Å². The molecule has 2 aromatic rings. The molecule has 8 heteroatoms. The van der Waals surface area contributed by atoms with Gasteiger partial charge < -0.3 is 20.1 Å². The third-order valence-corrected chi connectivity index (χ3v) is 7.20. The van der Waals surface area contributed by atoms with E-state index >= 15 is 0 Å². The molecule has 2 heterocycles. The third-order valence-electron chi connectivity index (χ3n) is 7.20. The molecule has 1 aliphatic carbocycles. The number of anilines is 1. The Kier molecular flexibility index (Phi) is 6.69. The van der Waals surface area contributed by atoms with Crippen molar-refractivity contribution in [3.05, 3.63) is 29.7 Å². The van der Waals surface area contributed by atoms with Crippen LogP contribution in [0.3, 0.4) is 0 Å². The van der Waals surface area contributed by atoms with Crippen LogP contribution in [0, 0.1) is 11.7 Å². The van der Waals surface area contributed by atoms with E-state index in [2.05, 4.69) is 24.5 Å². The van der Waals surface area contributed by atoms with E-state index in [0.717, 1.165) is 32.1 Å². The first-order valence-electron chi connectivity index (χ1n) is 12.3. The van der Waals surface area contributed by atoms with Gasteiger partial charge in [-0.15, -0.1) is 0 Å². The van der Waals surface area contributed by atoms with Crippen molar-refractivity contribution < 1.29 is 18.8 Å². The lowest BCUT2D eigenvalue weighted by Crippen LogP contribution is -2.65. The van der Waals surface area contributed by atoms with Crippen LogP contribution in [-0.4, -0.2) is 45.3 Å². The summed E-state index contributed by atoms with van der Waals surface area (Å²) in [5, 5.41) is 6.42. The summed E-state index contributed by atoms with van der Waals surface area (Å²) in [6.45, 7) is 7.99. The molecule has 0 radical (unpaired) electrons. The largest absolute Gasteiger partial charge is 0.351 e. The monoisotopic (exact) mass is 470 g/mol. The third kappa shape index (κ3) is 4.42. The number of hydrogen-bond donors (Lipinski definition) is 2. The van der Waals surface area contributed by atoms with E-state index in [-0.39, 0.29) is 30.3 Å². The lowest BCUT2D eigenvalue weighted by Gasteiger charge is -2.45. The maximum absolute atomic E-state index is 14.2. The molecule has 34 heavy (non-hydrogen) atoms. The van der Waals surface area contributed by atoms with Crippen LogP contribution in [0.2, 0.25) is 0 Å². The predicted molar refractivity (Wildman–Crippen MR) is 130 cm³/mol. The molecule has 1 unspecified atom stereocenters. The summed E-state index contributed by atoms with van der Waals surface area (Å²) in [7, 11) is 0. The minimum Gasteiger partial charge on any atom is -0.351 e. The number of nitrogens with one attached hydrogen (secondary N) is 2. The second-order valence-electron chi connectivity index (χ2n) is 10.4.